The van der Waals surface area contributed by atoms with Gasteiger partial charge in [0, 0.05) is 36.4 Å². The van der Waals surface area contributed by atoms with Crippen molar-refractivity contribution in [3.8, 4) is 0 Å². The van der Waals surface area contributed by atoms with E-state index in [9.17, 15) is 4.79 Å². The van der Waals surface area contributed by atoms with E-state index in [1.165, 1.54) is 0 Å². The first-order valence-corrected chi connectivity index (χ1v) is 7.54. The minimum Gasteiger partial charge on any atom is -0.360 e. The second-order valence-corrected chi connectivity index (χ2v) is 5.65. The number of H-pyrrole nitrogens is 1. The van der Waals surface area contributed by atoms with E-state index in [-0.39, 0.29) is 5.91 Å². The minimum atomic E-state index is 0.106. The molecule has 1 fully saturated rings. The van der Waals surface area contributed by atoms with Crippen LogP contribution in [0, 0.1) is 0 Å². The van der Waals surface area contributed by atoms with Crippen molar-refractivity contribution in [3.63, 3.8) is 0 Å². The molecule has 2 aromatic heterocycles. The number of benzene rings is 1. The summed E-state index contributed by atoms with van der Waals surface area (Å²) in [5, 5.41) is 8.91. The lowest BCUT2D eigenvalue weighted by Gasteiger charge is -2.31. The lowest BCUT2D eigenvalue weighted by atomic mass is 10.0. The molecule has 0 aliphatic carbocycles. The number of nitrogens with zero attached hydrogens (tertiary/aromatic N) is 4. The second kappa shape index (κ2) is 5.29. The van der Waals surface area contributed by atoms with E-state index < -0.39 is 0 Å². The number of aromatic amines is 1. The third kappa shape index (κ3) is 2.16. The quantitative estimate of drug-likeness (QED) is 0.788. The van der Waals surface area contributed by atoms with E-state index in [1.54, 1.807) is 6.20 Å². The van der Waals surface area contributed by atoms with Gasteiger partial charge < -0.3 is 9.88 Å². The van der Waals surface area contributed by atoms with Gasteiger partial charge in [-0.3, -0.25) is 4.79 Å². The van der Waals surface area contributed by atoms with E-state index in [0.717, 1.165) is 42.4 Å². The molecular formula is C16H17N5O. The Balaban J connectivity index is 1.50. The molecule has 3 aromatic rings. The Labute approximate surface area is 127 Å². The van der Waals surface area contributed by atoms with Crippen LogP contribution >= 0.6 is 0 Å². The van der Waals surface area contributed by atoms with Crippen molar-refractivity contribution in [2.45, 2.75) is 18.9 Å². The van der Waals surface area contributed by atoms with Crippen molar-refractivity contribution in [1.29, 1.82) is 0 Å². The molecule has 6 nitrogen and oxygen atoms in total. The standard InChI is InChI=1S/C16H17N5O/c22-16(14-11-17-15-4-2-1-3-13(14)15)20-8-5-12(6-9-20)21-10-7-18-19-21/h1-4,7,10-12,17H,5-6,8-9H2. The number of para-hydroxylation sites is 1. The topological polar surface area (TPSA) is 66.8 Å². The fourth-order valence-corrected chi connectivity index (χ4v) is 3.16. The molecular weight excluding hydrogens is 278 g/mol. The minimum absolute atomic E-state index is 0.106. The van der Waals surface area contributed by atoms with Crippen molar-refractivity contribution in [3.05, 3.63) is 48.4 Å². The van der Waals surface area contributed by atoms with Crippen LogP contribution < -0.4 is 0 Å². The lowest BCUT2D eigenvalue weighted by Crippen LogP contribution is -2.39. The van der Waals surface area contributed by atoms with Crippen LogP contribution in [0.5, 0.6) is 0 Å². The Hall–Kier alpha value is -2.63. The largest absolute Gasteiger partial charge is 0.360 e. The third-order valence-electron chi connectivity index (χ3n) is 4.39. The van der Waals surface area contributed by atoms with Crippen molar-refractivity contribution in [2.24, 2.45) is 0 Å². The summed E-state index contributed by atoms with van der Waals surface area (Å²) in [7, 11) is 0. The number of carbonyl (C=O) groups is 1. The monoisotopic (exact) mass is 295 g/mol. The molecule has 0 atom stereocenters. The number of hydrogen-bond acceptors (Lipinski definition) is 3. The molecule has 1 saturated heterocycles. The maximum atomic E-state index is 12.7. The summed E-state index contributed by atoms with van der Waals surface area (Å²) in [5.74, 6) is 0.106. The van der Waals surface area contributed by atoms with Gasteiger partial charge in [-0.05, 0) is 18.9 Å². The van der Waals surface area contributed by atoms with E-state index >= 15 is 0 Å². The summed E-state index contributed by atoms with van der Waals surface area (Å²) >= 11 is 0. The molecule has 1 aromatic carbocycles. The molecule has 1 N–H and O–H groups in total. The maximum absolute atomic E-state index is 12.7. The molecule has 0 radical (unpaired) electrons. The van der Waals surface area contributed by atoms with Crippen LogP contribution in [-0.4, -0.2) is 43.9 Å². The number of nitrogens with one attached hydrogen (secondary N) is 1. The molecule has 4 rings (SSSR count). The zero-order chi connectivity index (χ0) is 14.9. The Morgan fingerprint density at radius 1 is 1.23 bits per heavy atom. The summed E-state index contributed by atoms with van der Waals surface area (Å²) < 4.78 is 1.90. The van der Waals surface area contributed by atoms with Gasteiger partial charge in [-0.15, -0.1) is 5.10 Å². The highest BCUT2D eigenvalue weighted by Gasteiger charge is 2.26. The highest BCUT2D eigenvalue weighted by atomic mass is 16.2. The zero-order valence-electron chi connectivity index (χ0n) is 12.1. The number of likely N-dealkylation sites (tertiary alicyclic amines) is 1. The molecule has 1 amide bonds. The number of hydrogen-bond donors (Lipinski definition) is 1. The number of piperidine rings is 1. The second-order valence-electron chi connectivity index (χ2n) is 5.65. The molecule has 0 saturated carbocycles. The smallest absolute Gasteiger partial charge is 0.256 e. The van der Waals surface area contributed by atoms with Crippen LogP contribution in [0.4, 0.5) is 0 Å². The van der Waals surface area contributed by atoms with Crippen LogP contribution in [0.2, 0.25) is 0 Å². The SMILES string of the molecule is O=C(c1c[nH]c2ccccc12)N1CCC(n2ccnn2)CC1. The number of fused-ring (bicyclic) bond motifs is 1. The van der Waals surface area contributed by atoms with Gasteiger partial charge in [0.05, 0.1) is 17.8 Å². The number of amides is 1. The molecule has 0 spiro atoms. The van der Waals surface area contributed by atoms with Crippen molar-refractivity contribution in [1.82, 2.24) is 24.9 Å². The average molecular weight is 295 g/mol. The third-order valence-corrected chi connectivity index (χ3v) is 4.39. The van der Waals surface area contributed by atoms with Crippen molar-refractivity contribution >= 4 is 16.8 Å². The van der Waals surface area contributed by atoms with Crippen LogP contribution in [0.3, 0.4) is 0 Å². The van der Waals surface area contributed by atoms with Gasteiger partial charge in [0.2, 0.25) is 0 Å². The van der Waals surface area contributed by atoms with Crippen molar-refractivity contribution in [2.75, 3.05) is 13.1 Å². The summed E-state index contributed by atoms with van der Waals surface area (Å²) in [6, 6.07) is 8.25. The van der Waals surface area contributed by atoms with Crippen LogP contribution in [-0.2, 0) is 0 Å². The van der Waals surface area contributed by atoms with Crippen LogP contribution in [0.1, 0.15) is 29.2 Å². The van der Waals surface area contributed by atoms with Gasteiger partial charge in [0.1, 0.15) is 0 Å². The lowest BCUT2D eigenvalue weighted by molar-refractivity contribution is 0.0691. The van der Waals surface area contributed by atoms with Crippen LogP contribution in [0.15, 0.2) is 42.9 Å². The van der Waals surface area contributed by atoms with Crippen LogP contribution in [0.25, 0.3) is 10.9 Å². The first kappa shape index (κ1) is 13.1. The first-order chi connectivity index (χ1) is 10.8. The number of rotatable bonds is 2. The molecule has 1 aliphatic heterocycles. The number of aromatic nitrogens is 4. The van der Waals surface area contributed by atoms with Gasteiger partial charge >= 0.3 is 0 Å². The molecule has 6 heteroatoms. The summed E-state index contributed by atoms with van der Waals surface area (Å²) in [4.78, 5) is 17.8. The maximum Gasteiger partial charge on any atom is 0.256 e. The molecule has 0 bridgehead atoms. The Morgan fingerprint density at radius 2 is 2.05 bits per heavy atom. The first-order valence-electron chi connectivity index (χ1n) is 7.54. The highest BCUT2D eigenvalue weighted by Crippen LogP contribution is 2.25. The molecule has 22 heavy (non-hydrogen) atoms. The number of carbonyl (C=O) groups excluding carboxylic acids is 1. The Bertz CT molecular complexity index is 784. The van der Waals surface area contributed by atoms with E-state index in [1.807, 2.05) is 46.2 Å². The van der Waals surface area contributed by atoms with Gasteiger partial charge in [-0.25, -0.2) is 4.68 Å². The fourth-order valence-electron chi connectivity index (χ4n) is 3.16. The average Bonchev–Trinajstić information content (AvgIpc) is 3.24. The van der Waals surface area contributed by atoms with Gasteiger partial charge in [-0.1, -0.05) is 23.4 Å². The van der Waals surface area contributed by atoms with Gasteiger partial charge in [0.25, 0.3) is 5.91 Å². The summed E-state index contributed by atoms with van der Waals surface area (Å²) in [6.07, 6.45) is 7.23. The predicted octanol–water partition coefficient (Wildman–Crippen LogP) is 2.24. The van der Waals surface area contributed by atoms with Gasteiger partial charge in [0.15, 0.2) is 0 Å². The normalized spacial score (nSPS) is 16.3. The Kier molecular flexibility index (Phi) is 3.14. The molecule has 0 unspecified atom stereocenters. The highest BCUT2D eigenvalue weighted by molar-refractivity contribution is 6.06. The van der Waals surface area contributed by atoms with Crippen molar-refractivity contribution < 1.29 is 4.79 Å². The summed E-state index contributed by atoms with van der Waals surface area (Å²) in [5.41, 5.74) is 1.76. The van der Waals surface area contributed by atoms with E-state index in [0.29, 0.717) is 6.04 Å². The van der Waals surface area contributed by atoms with Gasteiger partial charge in [-0.2, -0.15) is 0 Å². The van der Waals surface area contributed by atoms with E-state index in [2.05, 4.69) is 15.3 Å². The Morgan fingerprint density at radius 3 is 2.82 bits per heavy atom. The fraction of sp³-hybridized carbons (Fsp3) is 0.312. The molecule has 1 aliphatic rings. The summed E-state index contributed by atoms with van der Waals surface area (Å²) in [6.45, 7) is 1.51. The van der Waals surface area contributed by atoms with E-state index in [4.69, 9.17) is 0 Å². The zero-order valence-corrected chi connectivity index (χ0v) is 12.1. The molecule has 3 heterocycles. The predicted molar refractivity (Wildman–Crippen MR) is 82.5 cm³/mol. The molecule has 112 valence electrons.